The van der Waals surface area contributed by atoms with E-state index in [-0.39, 0.29) is 23.9 Å². The van der Waals surface area contributed by atoms with Gasteiger partial charge in [0.15, 0.2) is 23.9 Å². The molecule has 0 saturated carbocycles. The Morgan fingerprint density at radius 1 is 0.929 bits per heavy atom. The molecule has 0 heterocycles. The first-order chi connectivity index (χ1) is 13.1. The lowest BCUT2D eigenvalue weighted by molar-refractivity contribution is 0.0474. The van der Waals surface area contributed by atoms with E-state index >= 15 is 0 Å². The number of ether oxygens (including phenoxy) is 3. The van der Waals surface area contributed by atoms with Crippen molar-refractivity contribution in [3.8, 4) is 11.5 Å². The second-order valence-electron chi connectivity index (χ2n) is 7.86. The third kappa shape index (κ3) is 5.59. The van der Waals surface area contributed by atoms with Gasteiger partial charge in [-0.15, -0.1) is 0 Å². The van der Waals surface area contributed by atoms with Crippen molar-refractivity contribution >= 4 is 11.8 Å². The van der Waals surface area contributed by atoms with Crippen LogP contribution < -0.4 is 9.47 Å². The molecule has 0 unspecified atom stereocenters. The summed E-state index contributed by atoms with van der Waals surface area (Å²) < 4.78 is 16.1. The molecule has 0 saturated heterocycles. The molecule has 0 radical (unpaired) electrons. The van der Waals surface area contributed by atoms with E-state index in [1.54, 1.807) is 30.3 Å². The molecule has 5 heteroatoms. The van der Waals surface area contributed by atoms with Gasteiger partial charge in [0.2, 0.25) is 0 Å². The summed E-state index contributed by atoms with van der Waals surface area (Å²) in [5, 5.41) is 0. The van der Waals surface area contributed by atoms with Crippen LogP contribution in [0.4, 0.5) is 0 Å². The molecule has 0 spiro atoms. The van der Waals surface area contributed by atoms with E-state index in [1.807, 2.05) is 26.0 Å². The minimum Gasteiger partial charge on any atom is -0.493 e. The Balaban J connectivity index is 2.02. The van der Waals surface area contributed by atoms with E-state index in [0.717, 1.165) is 5.56 Å². The Labute approximate surface area is 166 Å². The number of carbonyl (C=O) groups excluding carboxylic acids is 2. The molecule has 2 aromatic rings. The molecule has 0 aliphatic rings. The van der Waals surface area contributed by atoms with Gasteiger partial charge < -0.3 is 14.2 Å². The van der Waals surface area contributed by atoms with Crippen LogP contribution >= 0.6 is 0 Å². The van der Waals surface area contributed by atoms with Gasteiger partial charge >= 0.3 is 5.97 Å². The molecular formula is C23H28O5. The highest BCUT2D eigenvalue weighted by molar-refractivity contribution is 5.99. The first kappa shape index (κ1) is 21.5. The number of rotatable bonds is 7. The van der Waals surface area contributed by atoms with Crippen molar-refractivity contribution in [3.63, 3.8) is 0 Å². The highest BCUT2D eigenvalue weighted by Gasteiger charge is 2.17. The molecule has 0 fully saturated rings. The largest absolute Gasteiger partial charge is 0.493 e. The van der Waals surface area contributed by atoms with Crippen LogP contribution in [0.3, 0.4) is 0 Å². The van der Waals surface area contributed by atoms with E-state index in [9.17, 15) is 9.59 Å². The summed E-state index contributed by atoms with van der Waals surface area (Å²) in [4.78, 5) is 24.6. The maximum absolute atomic E-state index is 12.3. The molecule has 0 amide bonds. The minimum absolute atomic E-state index is 0.0124. The first-order valence-electron chi connectivity index (χ1n) is 9.27. The van der Waals surface area contributed by atoms with Gasteiger partial charge in [0.25, 0.3) is 0 Å². The molecule has 28 heavy (non-hydrogen) atoms. The van der Waals surface area contributed by atoms with Gasteiger partial charge in [-0.1, -0.05) is 45.0 Å². The maximum atomic E-state index is 12.3. The zero-order chi connectivity index (χ0) is 20.9. The van der Waals surface area contributed by atoms with Crippen LogP contribution in [0.5, 0.6) is 11.5 Å². The maximum Gasteiger partial charge on any atom is 0.338 e. The van der Waals surface area contributed by atoms with Crippen molar-refractivity contribution < 1.29 is 23.8 Å². The Bertz CT molecular complexity index is 829. The number of esters is 1. The summed E-state index contributed by atoms with van der Waals surface area (Å²) in [6.07, 6.45) is -0.0194. The van der Waals surface area contributed by atoms with Crippen LogP contribution in [-0.2, 0) is 10.2 Å². The lowest BCUT2D eigenvalue weighted by atomic mass is 9.86. The standard InChI is InChI=1S/C23H28O5/c1-15(2)28-20-12-9-17(13-21(20)26-6)22(25)27-14-19(24)16-7-10-18(11-8-16)23(3,4)5/h7-13,15H,14H2,1-6H3. The third-order valence-electron chi connectivity index (χ3n) is 4.17. The van der Waals surface area contributed by atoms with Crippen LogP contribution in [0, 0.1) is 0 Å². The average Bonchev–Trinajstić information content (AvgIpc) is 2.65. The molecule has 2 rings (SSSR count). The fourth-order valence-corrected chi connectivity index (χ4v) is 2.60. The molecule has 5 nitrogen and oxygen atoms in total. The van der Waals surface area contributed by atoms with Crippen LogP contribution in [0.25, 0.3) is 0 Å². The zero-order valence-corrected chi connectivity index (χ0v) is 17.4. The molecule has 0 atom stereocenters. The van der Waals surface area contributed by atoms with E-state index in [1.165, 1.54) is 7.11 Å². The summed E-state index contributed by atoms with van der Waals surface area (Å²) in [6, 6.07) is 12.2. The molecule has 0 bridgehead atoms. The molecule has 0 aliphatic heterocycles. The van der Waals surface area contributed by atoms with E-state index < -0.39 is 5.97 Å². The lowest BCUT2D eigenvalue weighted by Gasteiger charge is -2.19. The monoisotopic (exact) mass is 384 g/mol. The number of hydrogen-bond acceptors (Lipinski definition) is 5. The highest BCUT2D eigenvalue weighted by atomic mass is 16.5. The summed E-state index contributed by atoms with van der Waals surface area (Å²) in [6.45, 7) is 9.81. The molecular weight excluding hydrogens is 356 g/mol. The van der Waals surface area contributed by atoms with Crippen molar-refractivity contribution in [2.24, 2.45) is 0 Å². The SMILES string of the molecule is COc1cc(C(=O)OCC(=O)c2ccc(C(C)(C)C)cc2)ccc1OC(C)C. The first-order valence-corrected chi connectivity index (χ1v) is 9.27. The number of carbonyl (C=O) groups is 2. The summed E-state index contributed by atoms with van der Waals surface area (Å²) in [5.41, 5.74) is 1.96. The molecule has 0 aliphatic carbocycles. The van der Waals surface area contributed by atoms with Gasteiger partial charge in [-0.25, -0.2) is 4.79 Å². The summed E-state index contributed by atoms with van der Waals surface area (Å²) in [5.74, 6) is 0.144. The number of benzene rings is 2. The van der Waals surface area contributed by atoms with Crippen molar-refractivity contribution in [2.75, 3.05) is 13.7 Å². The molecule has 0 aromatic heterocycles. The van der Waals surface area contributed by atoms with Crippen molar-refractivity contribution in [2.45, 2.75) is 46.1 Å². The molecule has 0 N–H and O–H groups in total. The van der Waals surface area contributed by atoms with Gasteiger partial charge in [0, 0.05) is 5.56 Å². The smallest absolute Gasteiger partial charge is 0.338 e. The number of hydrogen-bond donors (Lipinski definition) is 0. The number of ketones is 1. The van der Waals surface area contributed by atoms with Crippen molar-refractivity contribution in [3.05, 3.63) is 59.2 Å². The predicted octanol–water partition coefficient (Wildman–Crippen LogP) is 4.82. The highest BCUT2D eigenvalue weighted by Crippen LogP contribution is 2.29. The normalized spacial score (nSPS) is 11.2. The van der Waals surface area contributed by atoms with Crippen LogP contribution in [0.15, 0.2) is 42.5 Å². The molecule has 2 aromatic carbocycles. The van der Waals surface area contributed by atoms with Crippen LogP contribution in [0.1, 0.15) is 60.9 Å². The Morgan fingerprint density at radius 3 is 2.07 bits per heavy atom. The third-order valence-corrected chi connectivity index (χ3v) is 4.17. The fourth-order valence-electron chi connectivity index (χ4n) is 2.60. The van der Waals surface area contributed by atoms with Gasteiger partial charge in [0.1, 0.15) is 0 Å². The van der Waals surface area contributed by atoms with Crippen LogP contribution in [0.2, 0.25) is 0 Å². The summed E-state index contributed by atoms with van der Waals surface area (Å²) in [7, 11) is 1.50. The van der Waals surface area contributed by atoms with Gasteiger partial charge in [-0.3, -0.25) is 4.79 Å². The number of Topliss-reactive ketones (excluding diaryl/α,β-unsaturated/α-hetero) is 1. The van der Waals surface area contributed by atoms with Gasteiger partial charge in [-0.2, -0.15) is 0 Å². The Kier molecular flexibility index (Phi) is 6.84. The Hall–Kier alpha value is -2.82. The fraction of sp³-hybridized carbons (Fsp3) is 0.391. The minimum atomic E-state index is -0.589. The predicted molar refractivity (Wildman–Crippen MR) is 109 cm³/mol. The van der Waals surface area contributed by atoms with E-state index in [2.05, 4.69) is 20.8 Å². The van der Waals surface area contributed by atoms with Crippen molar-refractivity contribution in [1.29, 1.82) is 0 Å². The number of methoxy groups -OCH3 is 1. The average molecular weight is 384 g/mol. The second-order valence-corrected chi connectivity index (χ2v) is 7.86. The summed E-state index contributed by atoms with van der Waals surface area (Å²) >= 11 is 0. The quantitative estimate of drug-likeness (QED) is 0.506. The zero-order valence-electron chi connectivity index (χ0n) is 17.4. The topological polar surface area (TPSA) is 61.8 Å². The second kappa shape index (κ2) is 8.91. The molecule has 150 valence electrons. The lowest BCUT2D eigenvalue weighted by Crippen LogP contribution is -2.15. The Morgan fingerprint density at radius 2 is 1.54 bits per heavy atom. The van der Waals surface area contributed by atoms with Crippen LogP contribution in [-0.4, -0.2) is 31.6 Å². The van der Waals surface area contributed by atoms with E-state index in [0.29, 0.717) is 22.6 Å². The van der Waals surface area contributed by atoms with Gasteiger partial charge in [-0.05, 0) is 43.0 Å². The van der Waals surface area contributed by atoms with Crippen molar-refractivity contribution in [1.82, 2.24) is 0 Å². The van der Waals surface area contributed by atoms with Gasteiger partial charge in [0.05, 0.1) is 18.8 Å². The van der Waals surface area contributed by atoms with E-state index in [4.69, 9.17) is 14.2 Å².